The average Bonchev–Trinajstić information content (AvgIpc) is 2.85. The molecule has 3 rings (SSSR count). The van der Waals surface area contributed by atoms with Gasteiger partial charge in [-0.05, 0) is 53.5 Å². The number of thioether (sulfide) groups is 1. The molecule has 2 aliphatic heterocycles. The molecule has 2 N–H and O–H groups in total. The topological polar surface area (TPSA) is 73.5 Å². The zero-order valence-corrected chi connectivity index (χ0v) is 17.9. The summed E-state index contributed by atoms with van der Waals surface area (Å²) in [6, 6.07) is 0.652. The van der Waals surface area contributed by atoms with Crippen LogP contribution in [0.2, 0.25) is 0 Å². The summed E-state index contributed by atoms with van der Waals surface area (Å²) in [5, 5.41) is 0.816. The van der Waals surface area contributed by atoms with Gasteiger partial charge >= 0.3 is 7.12 Å². The van der Waals surface area contributed by atoms with Crippen LogP contribution >= 0.6 is 11.8 Å². The number of hydrogen-bond acceptors (Lipinski definition) is 7. The van der Waals surface area contributed by atoms with Gasteiger partial charge in [-0.2, -0.15) is 0 Å². The molecule has 1 atom stereocenters. The molecule has 2 fully saturated rings. The van der Waals surface area contributed by atoms with Crippen molar-refractivity contribution in [3.8, 4) is 0 Å². The maximum atomic E-state index is 6.06. The Morgan fingerprint density at radius 3 is 2.48 bits per heavy atom. The van der Waals surface area contributed by atoms with Gasteiger partial charge < -0.3 is 15.0 Å². The fourth-order valence-corrected chi connectivity index (χ4v) is 4.46. The first kappa shape index (κ1) is 21.1. The predicted octanol–water partition coefficient (Wildman–Crippen LogP) is 2.07. The molecule has 0 radical (unpaired) electrons. The van der Waals surface area contributed by atoms with Crippen LogP contribution in [-0.4, -0.2) is 64.6 Å². The van der Waals surface area contributed by atoms with E-state index in [2.05, 4.69) is 42.6 Å². The van der Waals surface area contributed by atoms with Gasteiger partial charge in [-0.25, -0.2) is 9.97 Å². The third-order valence-corrected chi connectivity index (χ3v) is 6.93. The Bertz CT molecular complexity index is 596. The van der Waals surface area contributed by atoms with E-state index in [9.17, 15) is 0 Å². The molecule has 2 saturated heterocycles. The van der Waals surface area contributed by atoms with Crippen molar-refractivity contribution < 1.29 is 9.31 Å². The van der Waals surface area contributed by atoms with Gasteiger partial charge in [0, 0.05) is 42.7 Å². The molecule has 0 aliphatic carbocycles. The number of piperidine rings is 1. The summed E-state index contributed by atoms with van der Waals surface area (Å²) in [6.45, 7) is 11.1. The zero-order valence-electron chi connectivity index (χ0n) is 17.1. The molecule has 1 aromatic rings. The largest absolute Gasteiger partial charge is 0.498 e. The fraction of sp³-hybridized carbons (Fsp3) is 0.789. The van der Waals surface area contributed by atoms with E-state index in [0.29, 0.717) is 6.04 Å². The number of hydrogen-bond donors (Lipinski definition) is 1. The first-order valence-corrected chi connectivity index (χ1v) is 11.1. The summed E-state index contributed by atoms with van der Waals surface area (Å²) in [4.78, 5) is 11.6. The minimum Gasteiger partial charge on any atom is -0.399 e. The Labute approximate surface area is 168 Å². The van der Waals surface area contributed by atoms with Gasteiger partial charge in [0.1, 0.15) is 0 Å². The molecular weight excluding hydrogens is 359 g/mol. The Kier molecular flexibility index (Phi) is 6.85. The quantitative estimate of drug-likeness (QED) is 0.433. The van der Waals surface area contributed by atoms with Crippen LogP contribution in [-0.2, 0) is 9.31 Å². The molecular formula is C19H33BN4O2S. The van der Waals surface area contributed by atoms with Crippen molar-refractivity contribution in [2.75, 3.05) is 25.4 Å². The molecule has 2 aliphatic rings. The van der Waals surface area contributed by atoms with Gasteiger partial charge in [0.15, 0.2) is 5.16 Å². The standard InChI is InChI=1S/C19H33BN4O2S/c1-18(2)19(3,4)26-20(25-18)15-13-22-17(23-14-15)27-12-8-16-7-5-6-10-24(16)11-9-21/h13-14,16H,5-12,21H2,1-4H3/t16-/m0/s1. The minimum atomic E-state index is -0.402. The van der Waals surface area contributed by atoms with Crippen LogP contribution in [0.3, 0.4) is 0 Å². The highest BCUT2D eigenvalue weighted by molar-refractivity contribution is 7.99. The smallest absolute Gasteiger partial charge is 0.399 e. The van der Waals surface area contributed by atoms with Crippen LogP contribution in [0.25, 0.3) is 0 Å². The summed E-state index contributed by atoms with van der Waals surface area (Å²) in [5.74, 6) is 1.03. The van der Waals surface area contributed by atoms with Crippen LogP contribution in [0.1, 0.15) is 53.4 Å². The van der Waals surface area contributed by atoms with Crippen molar-refractivity contribution in [1.29, 1.82) is 0 Å². The molecule has 0 amide bonds. The Morgan fingerprint density at radius 2 is 1.85 bits per heavy atom. The van der Waals surface area contributed by atoms with Crippen molar-refractivity contribution in [2.24, 2.45) is 5.73 Å². The monoisotopic (exact) mass is 392 g/mol. The lowest BCUT2D eigenvalue weighted by Crippen LogP contribution is -2.42. The second-order valence-electron chi connectivity index (χ2n) is 8.50. The number of nitrogens with zero attached hydrogens (tertiary/aromatic N) is 3. The molecule has 0 bridgehead atoms. The first-order valence-electron chi connectivity index (χ1n) is 10.1. The van der Waals surface area contributed by atoms with Gasteiger partial charge in [0.05, 0.1) is 11.2 Å². The van der Waals surface area contributed by atoms with E-state index < -0.39 is 7.12 Å². The van der Waals surface area contributed by atoms with Crippen LogP contribution in [0.15, 0.2) is 17.6 Å². The van der Waals surface area contributed by atoms with E-state index in [-0.39, 0.29) is 11.2 Å². The molecule has 8 heteroatoms. The van der Waals surface area contributed by atoms with Crippen molar-refractivity contribution >= 4 is 24.3 Å². The maximum absolute atomic E-state index is 6.06. The molecule has 0 unspecified atom stereocenters. The lowest BCUT2D eigenvalue weighted by molar-refractivity contribution is 0.00578. The molecule has 3 heterocycles. The second kappa shape index (κ2) is 8.78. The molecule has 6 nitrogen and oxygen atoms in total. The summed E-state index contributed by atoms with van der Waals surface area (Å²) < 4.78 is 12.1. The van der Waals surface area contributed by atoms with Gasteiger partial charge in [-0.15, -0.1) is 0 Å². The zero-order chi connectivity index (χ0) is 19.5. The van der Waals surface area contributed by atoms with E-state index in [4.69, 9.17) is 15.0 Å². The molecule has 1 aromatic heterocycles. The molecule has 150 valence electrons. The Balaban J connectivity index is 1.50. The van der Waals surface area contributed by atoms with E-state index in [0.717, 1.165) is 35.9 Å². The molecule has 27 heavy (non-hydrogen) atoms. The highest BCUT2D eigenvalue weighted by Crippen LogP contribution is 2.36. The van der Waals surface area contributed by atoms with Gasteiger partial charge in [-0.3, -0.25) is 4.90 Å². The van der Waals surface area contributed by atoms with Crippen molar-refractivity contribution in [3.63, 3.8) is 0 Å². The predicted molar refractivity (Wildman–Crippen MR) is 111 cm³/mol. The van der Waals surface area contributed by atoms with Crippen LogP contribution < -0.4 is 11.2 Å². The Hall–Kier alpha value is -0.665. The van der Waals surface area contributed by atoms with Crippen LogP contribution in [0, 0.1) is 0 Å². The van der Waals surface area contributed by atoms with Crippen LogP contribution in [0.4, 0.5) is 0 Å². The third-order valence-electron chi connectivity index (χ3n) is 6.02. The molecule has 0 spiro atoms. The average molecular weight is 392 g/mol. The summed E-state index contributed by atoms with van der Waals surface area (Å²) in [6.07, 6.45) is 8.73. The van der Waals surface area contributed by atoms with Gasteiger partial charge in [0.2, 0.25) is 0 Å². The number of rotatable bonds is 7. The normalized spacial score (nSPS) is 25.1. The summed E-state index contributed by atoms with van der Waals surface area (Å²) >= 11 is 1.72. The second-order valence-corrected chi connectivity index (χ2v) is 9.56. The van der Waals surface area contributed by atoms with Crippen molar-refractivity contribution in [3.05, 3.63) is 12.4 Å². The SMILES string of the molecule is CC1(C)OB(c2cnc(SCC[C@@H]3CCCCN3CCN)nc2)OC1(C)C. The lowest BCUT2D eigenvalue weighted by Gasteiger charge is -2.35. The third kappa shape index (κ3) is 5.04. The number of nitrogens with two attached hydrogens (primary N) is 1. The van der Waals surface area contributed by atoms with Gasteiger partial charge in [-0.1, -0.05) is 18.2 Å². The Morgan fingerprint density at radius 1 is 1.19 bits per heavy atom. The van der Waals surface area contributed by atoms with Crippen LogP contribution in [0.5, 0.6) is 0 Å². The first-order chi connectivity index (χ1) is 12.8. The number of likely N-dealkylation sites (tertiary alicyclic amines) is 1. The van der Waals surface area contributed by atoms with Crippen molar-refractivity contribution in [2.45, 2.75) is 75.8 Å². The highest BCUT2D eigenvalue weighted by Gasteiger charge is 2.51. The molecule has 0 saturated carbocycles. The van der Waals surface area contributed by atoms with Crippen molar-refractivity contribution in [1.82, 2.24) is 14.9 Å². The number of aromatic nitrogens is 2. The summed E-state index contributed by atoms with van der Waals surface area (Å²) in [5.41, 5.74) is 5.93. The van der Waals surface area contributed by atoms with Gasteiger partial charge in [0.25, 0.3) is 0 Å². The maximum Gasteiger partial charge on any atom is 0.498 e. The minimum absolute atomic E-state index is 0.347. The van der Waals surface area contributed by atoms with E-state index in [1.54, 1.807) is 11.8 Å². The molecule has 0 aromatic carbocycles. The van der Waals surface area contributed by atoms with E-state index >= 15 is 0 Å². The highest BCUT2D eigenvalue weighted by atomic mass is 32.2. The summed E-state index contributed by atoms with van der Waals surface area (Å²) in [7, 11) is -0.402. The lowest BCUT2D eigenvalue weighted by atomic mass is 9.81. The fourth-order valence-electron chi connectivity index (χ4n) is 3.63. The van der Waals surface area contributed by atoms with E-state index in [1.165, 1.54) is 25.8 Å². The van der Waals surface area contributed by atoms with E-state index in [1.807, 2.05) is 12.4 Å².